The minimum atomic E-state index is -1.63. The summed E-state index contributed by atoms with van der Waals surface area (Å²) in [5.41, 5.74) is -3.87. The molecule has 3 amide bonds. The molecular formula is C22H30N4O9S. The number of ether oxygens (including phenoxy) is 2. The Hall–Kier alpha value is -3.55. The fourth-order valence-corrected chi connectivity index (χ4v) is 3.08. The number of carbonyl (C=O) groups is 5. The first-order valence-electron chi connectivity index (χ1n) is 10.9. The first-order chi connectivity index (χ1) is 16.4. The lowest BCUT2D eigenvalue weighted by Crippen LogP contribution is -2.40. The molecule has 1 saturated heterocycles. The Bertz CT molecular complexity index is 1060. The van der Waals surface area contributed by atoms with Crippen molar-refractivity contribution in [3.63, 3.8) is 0 Å². The Morgan fingerprint density at radius 1 is 0.972 bits per heavy atom. The number of anilines is 1. The van der Waals surface area contributed by atoms with Crippen LogP contribution in [0.3, 0.4) is 0 Å². The average molecular weight is 527 g/mol. The fourth-order valence-electron chi connectivity index (χ4n) is 2.40. The second-order valence-electron chi connectivity index (χ2n) is 10.2. The summed E-state index contributed by atoms with van der Waals surface area (Å²) < 4.78 is 10.5. The van der Waals surface area contributed by atoms with Gasteiger partial charge in [-0.1, -0.05) is 5.16 Å². The Balaban J connectivity index is 2.32. The second kappa shape index (κ2) is 10.6. The van der Waals surface area contributed by atoms with Gasteiger partial charge in [-0.15, -0.1) is 16.4 Å². The molecule has 2 heterocycles. The van der Waals surface area contributed by atoms with Crippen molar-refractivity contribution >= 4 is 52.0 Å². The van der Waals surface area contributed by atoms with Gasteiger partial charge in [-0.25, -0.2) is 19.4 Å². The average Bonchev–Trinajstić information content (AvgIpc) is 3.27. The standard InChI is InChI=1S/C22H30N4O9S/c1-20(2,3)32-17(30)22(7,8)35-25-15(16(29)34-26-13(27)9-10-14(26)28)12-11-36-18(23-12)24-19(31)33-21(4,5)6/h11H,9-10H2,1-8H3,(H,23,24,31). The van der Waals surface area contributed by atoms with Gasteiger partial charge < -0.3 is 19.1 Å². The molecule has 1 aromatic rings. The van der Waals surface area contributed by atoms with E-state index in [1.165, 1.54) is 19.2 Å². The second-order valence-corrected chi connectivity index (χ2v) is 11.0. The van der Waals surface area contributed by atoms with Gasteiger partial charge in [0.25, 0.3) is 11.8 Å². The summed E-state index contributed by atoms with van der Waals surface area (Å²) in [5.74, 6) is -3.41. The topological polar surface area (TPSA) is 163 Å². The number of hydroxylamine groups is 2. The van der Waals surface area contributed by atoms with E-state index in [4.69, 9.17) is 19.1 Å². The summed E-state index contributed by atoms with van der Waals surface area (Å²) in [6.07, 6.45) is -0.997. The molecule has 0 atom stereocenters. The van der Waals surface area contributed by atoms with E-state index in [9.17, 15) is 24.0 Å². The van der Waals surface area contributed by atoms with Crippen LogP contribution in [0.1, 0.15) is 73.9 Å². The molecule has 1 fully saturated rings. The largest absolute Gasteiger partial charge is 0.457 e. The first kappa shape index (κ1) is 28.7. The zero-order chi connectivity index (χ0) is 27.5. The number of nitrogens with one attached hydrogen (secondary N) is 1. The van der Waals surface area contributed by atoms with Gasteiger partial charge in [-0.2, -0.15) is 0 Å². The van der Waals surface area contributed by atoms with Crippen molar-refractivity contribution in [2.75, 3.05) is 5.32 Å². The van der Waals surface area contributed by atoms with Crippen molar-refractivity contribution in [1.29, 1.82) is 0 Å². The normalized spacial score (nSPS) is 15.0. The van der Waals surface area contributed by atoms with E-state index in [-0.39, 0.29) is 23.7 Å². The van der Waals surface area contributed by atoms with Crippen LogP contribution >= 0.6 is 11.3 Å². The predicted molar refractivity (Wildman–Crippen MR) is 127 cm³/mol. The molecule has 0 bridgehead atoms. The zero-order valence-corrected chi connectivity index (χ0v) is 22.2. The zero-order valence-electron chi connectivity index (χ0n) is 21.4. The molecule has 0 aromatic carbocycles. The Labute approximate surface area is 212 Å². The SMILES string of the molecule is CC(C)(C)OC(=O)Nc1nc(C(=NOC(C)(C)C(=O)OC(C)(C)C)C(=O)ON2C(=O)CCC2=O)cs1. The van der Waals surface area contributed by atoms with Crippen LogP contribution in [0.2, 0.25) is 0 Å². The van der Waals surface area contributed by atoms with E-state index in [1.807, 2.05) is 0 Å². The summed E-state index contributed by atoms with van der Waals surface area (Å²) in [6, 6.07) is 0. The van der Waals surface area contributed by atoms with Crippen molar-refractivity contribution in [3.05, 3.63) is 11.1 Å². The lowest BCUT2D eigenvalue weighted by Gasteiger charge is -2.26. The number of imide groups is 1. The van der Waals surface area contributed by atoms with Gasteiger partial charge in [-0.3, -0.25) is 14.9 Å². The van der Waals surface area contributed by atoms with Gasteiger partial charge >= 0.3 is 18.0 Å². The number of thiazole rings is 1. The van der Waals surface area contributed by atoms with Gasteiger partial charge in [0.1, 0.15) is 16.9 Å². The van der Waals surface area contributed by atoms with Crippen LogP contribution in [0.4, 0.5) is 9.93 Å². The number of rotatable bonds is 7. The Kier molecular flexibility index (Phi) is 8.45. The Morgan fingerprint density at radius 2 is 1.53 bits per heavy atom. The molecule has 2 rings (SSSR count). The number of amides is 3. The maximum atomic E-state index is 12.9. The summed E-state index contributed by atoms with van der Waals surface area (Å²) in [6.45, 7) is 12.8. The minimum absolute atomic E-state index is 0.0551. The molecule has 1 aliphatic heterocycles. The fraction of sp³-hybridized carbons (Fsp3) is 0.591. The number of aromatic nitrogens is 1. The molecule has 1 N–H and O–H groups in total. The highest BCUT2D eigenvalue weighted by Gasteiger charge is 2.38. The summed E-state index contributed by atoms with van der Waals surface area (Å²) >= 11 is 0.935. The van der Waals surface area contributed by atoms with Gasteiger partial charge in [0.05, 0.1) is 0 Å². The third-order valence-electron chi connectivity index (χ3n) is 3.98. The maximum Gasteiger partial charge on any atom is 0.413 e. The van der Waals surface area contributed by atoms with Gasteiger partial charge in [0.2, 0.25) is 11.3 Å². The molecule has 0 radical (unpaired) electrons. The van der Waals surface area contributed by atoms with E-state index >= 15 is 0 Å². The van der Waals surface area contributed by atoms with Crippen LogP contribution < -0.4 is 5.32 Å². The van der Waals surface area contributed by atoms with E-state index in [1.54, 1.807) is 41.5 Å². The minimum Gasteiger partial charge on any atom is -0.457 e. The molecule has 198 valence electrons. The number of oxime groups is 1. The third-order valence-corrected chi connectivity index (χ3v) is 4.74. The van der Waals surface area contributed by atoms with Crippen LogP contribution in [-0.2, 0) is 38.3 Å². The highest BCUT2D eigenvalue weighted by Crippen LogP contribution is 2.22. The van der Waals surface area contributed by atoms with Crippen molar-refractivity contribution < 1.29 is 43.1 Å². The van der Waals surface area contributed by atoms with Gasteiger partial charge in [-0.05, 0) is 55.4 Å². The third kappa shape index (κ3) is 8.29. The molecule has 14 heteroatoms. The number of esters is 1. The van der Waals surface area contributed by atoms with Crippen molar-refractivity contribution in [1.82, 2.24) is 10.0 Å². The predicted octanol–water partition coefficient (Wildman–Crippen LogP) is 2.94. The molecule has 36 heavy (non-hydrogen) atoms. The maximum absolute atomic E-state index is 12.9. The van der Waals surface area contributed by atoms with Crippen molar-refractivity contribution in [3.8, 4) is 0 Å². The number of carbonyl (C=O) groups excluding carboxylic acids is 5. The molecule has 0 spiro atoms. The van der Waals surface area contributed by atoms with E-state index in [0.717, 1.165) is 11.3 Å². The number of hydrogen-bond donors (Lipinski definition) is 1. The van der Waals surface area contributed by atoms with Crippen LogP contribution in [-0.4, -0.2) is 62.4 Å². The quantitative estimate of drug-likeness (QED) is 0.242. The monoisotopic (exact) mass is 526 g/mol. The summed E-state index contributed by atoms with van der Waals surface area (Å²) in [5, 5.41) is 7.92. The van der Waals surface area contributed by atoms with Crippen molar-refractivity contribution in [2.24, 2.45) is 5.16 Å². The summed E-state index contributed by atoms with van der Waals surface area (Å²) in [4.78, 5) is 75.6. The smallest absolute Gasteiger partial charge is 0.413 e. The van der Waals surface area contributed by atoms with Crippen LogP contribution in [0.5, 0.6) is 0 Å². The lowest BCUT2D eigenvalue weighted by molar-refractivity contribution is -0.192. The van der Waals surface area contributed by atoms with Gasteiger partial charge in [0, 0.05) is 18.2 Å². The Morgan fingerprint density at radius 3 is 2.06 bits per heavy atom. The van der Waals surface area contributed by atoms with Crippen LogP contribution in [0.15, 0.2) is 10.5 Å². The van der Waals surface area contributed by atoms with E-state index in [0.29, 0.717) is 5.06 Å². The van der Waals surface area contributed by atoms with E-state index in [2.05, 4.69) is 15.5 Å². The highest BCUT2D eigenvalue weighted by molar-refractivity contribution is 7.14. The highest BCUT2D eigenvalue weighted by atomic mass is 32.1. The summed E-state index contributed by atoms with van der Waals surface area (Å²) in [7, 11) is 0. The van der Waals surface area contributed by atoms with Crippen LogP contribution in [0.25, 0.3) is 0 Å². The molecule has 1 aromatic heterocycles. The van der Waals surface area contributed by atoms with Gasteiger partial charge in [0.15, 0.2) is 5.13 Å². The van der Waals surface area contributed by atoms with Crippen LogP contribution in [0, 0.1) is 0 Å². The molecule has 0 unspecified atom stereocenters. The van der Waals surface area contributed by atoms with Crippen molar-refractivity contribution in [2.45, 2.75) is 85.0 Å². The molecular weight excluding hydrogens is 496 g/mol. The molecule has 13 nitrogen and oxygen atoms in total. The van der Waals surface area contributed by atoms with E-state index < -0.39 is 52.4 Å². The molecule has 1 aliphatic rings. The number of hydrogen-bond acceptors (Lipinski definition) is 12. The lowest BCUT2D eigenvalue weighted by atomic mass is 10.1. The molecule has 0 aliphatic carbocycles. The molecule has 0 saturated carbocycles. The first-order valence-corrected chi connectivity index (χ1v) is 11.8. The number of nitrogens with zero attached hydrogens (tertiary/aromatic N) is 3.